The zero-order valence-electron chi connectivity index (χ0n) is 50.2. The molecule has 2 aliphatic carbocycles. The van der Waals surface area contributed by atoms with E-state index in [4.69, 9.17) is 9.98 Å². The van der Waals surface area contributed by atoms with Crippen molar-refractivity contribution in [2.75, 3.05) is 69.9 Å². The summed E-state index contributed by atoms with van der Waals surface area (Å²) in [5.74, 6) is -0.140. The zero-order valence-corrected chi connectivity index (χ0v) is 50.2. The number of benzene rings is 6. The van der Waals surface area contributed by atoms with Crippen LogP contribution < -0.4 is 36.1 Å². The second-order valence-corrected chi connectivity index (χ2v) is 22.2. The van der Waals surface area contributed by atoms with Crippen LogP contribution in [0.3, 0.4) is 0 Å². The number of hydrogen-bond acceptors (Lipinski definition) is 9. The Morgan fingerprint density at radius 2 is 1.14 bits per heavy atom. The number of carbonyl (C=O) groups is 2. The van der Waals surface area contributed by atoms with Crippen molar-refractivity contribution in [3.8, 4) is 11.1 Å². The van der Waals surface area contributed by atoms with Crippen LogP contribution in [-0.4, -0.2) is 89.2 Å². The van der Waals surface area contributed by atoms with Crippen LogP contribution in [0.2, 0.25) is 0 Å². The molecule has 0 aliphatic heterocycles. The van der Waals surface area contributed by atoms with Gasteiger partial charge in [-0.25, -0.2) is 4.99 Å². The second kappa shape index (κ2) is 29.8. The van der Waals surface area contributed by atoms with Crippen molar-refractivity contribution < 1.29 is 9.59 Å². The van der Waals surface area contributed by atoms with Crippen LogP contribution in [0, 0.1) is 13.8 Å². The van der Waals surface area contributed by atoms with Crippen LogP contribution in [0.25, 0.3) is 11.1 Å². The van der Waals surface area contributed by atoms with Gasteiger partial charge in [0.1, 0.15) is 12.4 Å². The van der Waals surface area contributed by atoms with Gasteiger partial charge in [0.25, 0.3) is 11.8 Å². The van der Waals surface area contributed by atoms with E-state index in [1.807, 2.05) is 89.5 Å². The molecule has 430 valence electrons. The van der Waals surface area contributed by atoms with Crippen molar-refractivity contribution in [1.29, 1.82) is 0 Å². The molecule has 8 rings (SSSR count). The third kappa shape index (κ3) is 16.9. The monoisotopic (exact) mass is 1110 g/mol. The van der Waals surface area contributed by atoms with Gasteiger partial charge in [0.2, 0.25) is 11.4 Å². The molecule has 0 spiro atoms. The molecule has 0 aromatic heterocycles. The van der Waals surface area contributed by atoms with Gasteiger partial charge in [-0.3, -0.25) is 14.6 Å². The molecule has 0 heterocycles. The fraction of sp³-hybridized carbons (Fsp3) is 0.310. The number of nitrogens with zero attached hydrogens (tertiary/aromatic N) is 5. The molecule has 0 saturated carbocycles. The summed E-state index contributed by atoms with van der Waals surface area (Å²) in [6.45, 7) is 16.1. The Kier molecular flexibility index (Phi) is 21.7. The maximum atomic E-state index is 13.1. The number of allylic oxidation sites excluding steroid dienone is 6. The smallest absolute Gasteiger partial charge is 0.251 e. The average molecular weight is 1110 g/mol. The lowest BCUT2D eigenvalue weighted by molar-refractivity contribution is 0.0944. The summed E-state index contributed by atoms with van der Waals surface area (Å²) in [7, 11) is 8.28. The number of aliphatic imine (C=N–C) groups is 2. The van der Waals surface area contributed by atoms with Gasteiger partial charge in [-0.05, 0) is 160 Å². The molecule has 0 bridgehead atoms. The first-order valence-corrected chi connectivity index (χ1v) is 29.5. The van der Waals surface area contributed by atoms with Crippen molar-refractivity contribution in [3.05, 3.63) is 203 Å². The zero-order chi connectivity index (χ0) is 58.7. The Hall–Kier alpha value is -8.77. The SMILES string of the molecule is C=[N+](c1ccccc1)c1c(N=C2C=C(C)C(N(C)C)=CC2)ccc(NCCCCCCNC(=O)c2ccc(-c3ccc(C(=O)NCCCCCCNC4=C(C)CC(=Nc5cc(C)c(N(C)C)cc5Nc5ccccc5)C=C4)cc3)cc2)c1C. The summed E-state index contributed by atoms with van der Waals surface area (Å²) in [5.41, 5.74) is 20.5. The number of rotatable bonds is 27. The fourth-order valence-electron chi connectivity index (χ4n) is 10.7. The first-order chi connectivity index (χ1) is 40.2. The van der Waals surface area contributed by atoms with Crippen molar-refractivity contribution >= 4 is 75.5 Å². The second-order valence-electron chi connectivity index (χ2n) is 22.2. The minimum Gasteiger partial charge on any atom is -0.385 e. The largest absolute Gasteiger partial charge is 0.385 e. The molecular weight excluding hydrogens is 1020 g/mol. The molecule has 6 aromatic carbocycles. The Morgan fingerprint density at radius 1 is 0.578 bits per heavy atom. The van der Waals surface area contributed by atoms with Gasteiger partial charge in [-0.15, -0.1) is 0 Å². The molecule has 0 radical (unpaired) electrons. The van der Waals surface area contributed by atoms with Crippen molar-refractivity contribution in [3.63, 3.8) is 0 Å². The van der Waals surface area contributed by atoms with Crippen LogP contribution in [0.1, 0.15) is 110 Å². The number of unbranched alkanes of at least 4 members (excludes halogenated alkanes) is 6. The third-order valence-electron chi connectivity index (χ3n) is 15.3. The van der Waals surface area contributed by atoms with E-state index >= 15 is 0 Å². The number of aryl methyl sites for hydroxylation is 1. The average Bonchev–Trinajstić information content (AvgIpc) is 3.69. The maximum Gasteiger partial charge on any atom is 0.251 e. The predicted octanol–water partition coefficient (Wildman–Crippen LogP) is 15.5. The normalized spacial score (nSPS) is 14.0. The van der Waals surface area contributed by atoms with E-state index in [2.05, 4.69) is 172 Å². The summed E-state index contributed by atoms with van der Waals surface area (Å²) in [4.78, 5) is 40.6. The van der Waals surface area contributed by atoms with Gasteiger partial charge in [0.15, 0.2) is 0 Å². The molecule has 12 heteroatoms. The molecule has 6 aromatic rings. The maximum absolute atomic E-state index is 13.1. The molecule has 12 nitrogen and oxygen atoms in total. The van der Waals surface area contributed by atoms with E-state index in [1.54, 1.807) is 0 Å². The van der Waals surface area contributed by atoms with Gasteiger partial charge in [0, 0.05) is 136 Å². The van der Waals surface area contributed by atoms with E-state index in [1.165, 1.54) is 28.1 Å². The van der Waals surface area contributed by atoms with E-state index < -0.39 is 0 Å². The van der Waals surface area contributed by atoms with Gasteiger partial charge in [-0.1, -0.05) is 92.4 Å². The van der Waals surface area contributed by atoms with Gasteiger partial charge < -0.3 is 36.4 Å². The number of nitrogens with one attached hydrogen (secondary N) is 5. The standard InChI is InChI=1S/C71H84N10O2/c1-50-46-59(78-65-48-52(3)68(80(7)8)49-66(65)76-58-24-16-14-17-25-58)36-38-62(50)72-42-20-10-12-22-44-74-70(82)56-32-28-54(29-33-56)55-30-34-57(35-31-55)71(83)75-45-23-13-11-21-43-73-63-39-40-64(77-60-37-41-67(79(5)6)51(2)47-60)69(53(63)4)81(9)61-26-18-15-19-27-61/h14-19,24-36,38-41,47-49,72-73,76H,9-13,20-23,37,42-46H2,1-8H3,(H-,74,75,82,83)/p+1. The summed E-state index contributed by atoms with van der Waals surface area (Å²) in [5, 5.41) is 17.1. The Morgan fingerprint density at radius 3 is 1.71 bits per heavy atom. The van der Waals surface area contributed by atoms with Crippen LogP contribution >= 0.6 is 0 Å². The molecular formula is C71H85N10O2+. The van der Waals surface area contributed by atoms with Gasteiger partial charge in [0.05, 0.1) is 11.4 Å². The Bertz CT molecular complexity index is 3400. The van der Waals surface area contributed by atoms with Gasteiger partial charge >= 0.3 is 0 Å². The van der Waals surface area contributed by atoms with Crippen LogP contribution in [0.4, 0.5) is 45.5 Å². The fourth-order valence-corrected chi connectivity index (χ4v) is 10.7. The third-order valence-corrected chi connectivity index (χ3v) is 15.3. The number of hydrogen-bond donors (Lipinski definition) is 5. The molecule has 2 aliphatic rings. The summed E-state index contributed by atoms with van der Waals surface area (Å²) >= 11 is 0. The molecule has 2 amide bonds. The number of amides is 2. The summed E-state index contributed by atoms with van der Waals surface area (Å²) in [6.07, 6.45) is 18.4. The lowest BCUT2D eigenvalue weighted by Crippen LogP contribution is -2.24. The van der Waals surface area contributed by atoms with E-state index in [-0.39, 0.29) is 11.8 Å². The highest BCUT2D eigenvalue weighted by molar-refractivity contribution is 6.02. The predicted molar refractivity (Wildman–Crippen MR) is 352 cm³/mol. The quantitative estimate of drug-likeness (QED) is 0.0197. The highest BCUT2D eigenvalue weighted by Gasteiger charge is 2.23. The Balaban J connectivity index is 0.696. The number of para-hydroxylation sites is 2. The van der Waals surface area contributed by atoms with Crippen LogP contribution in [0.15, 0.2) is 190 Å². The molecule has 0 atom stereocenters. The van der Waals surface area contributed by atoms with E-state index in [9.17, 15) is 9.59 Å². The van der Waals surface area contributed by atoms with Crippen molar-refractivity contribution in [2.45, 2.75) is 91.9 Å². The molecule has 83 heavy (non-hydrogen) atoms. The lowest BCUT2D eigenvalue weighted by atomic mass is 10.0. The number of likely N-dealkylation sites (N-methyl/N-ethyl adjacent to an activating group) is 1. The summed E-state index contributed by atoms with van der Waals surface area (Å²) in [6, 6.07) is 44.3. The van der Waals surface area contributed by atoms with Crippen molar-refractivity contribution in [1.82, 2.24) is 25.4 Å². The molecule has 0 saturated heterocycles. The lowest BCUT2D eigenvalue weighted by Gasteiger charge is -2.21. The van der Waals surface area contributed by atoms with Crippen LogP contribution in [0.5, 0.6) is 0 Å². The van der Waals surface area contributed by atoms with E-state index in [0.29, 0.717) is 24.2 Å². The minimum absolute atomic E-state index is 0.0669. The number of carbonyl (C=O) groups excluding carboxylic acids is 2. The highest BCUT2D eigenvalue weighted by Crippen LogP contribution is 2.39. The Labute approximate surface area is 493 Å². The topological polar surface area (TPSA) is 128 Å². The van der Waals surface area contributed by atoms with Crippen molar-refractivity contribution in [2.24, 2.45) is 9.98 Å². The first-order valence-electron chi connectivity index (χ1n) is 29.5. The summed E-state index contributed by atoms with van der Waals surface area (Å²) < 4.78 is 1.99. The molecule has 0 fully saturated rings. The minimum atomic E-state index is -0.0729. The number of anilines is 4. The van der Waals surface area contributed by atoms with Gasteiger partial charge in [-0.2, -0.15) is 4.58 Å². The highest BCUT2D eigenvalue weighted by atomic mass is 16.2. The molecule has 0 unspecified atom stereocenters. The van der Waals surface area contributed by atoms with Crippen LogP contribution in [-0.2, 0) is 0 Å². The van der Waals surface area contributed by atoms with E-state index in [0.717, 1.165) is 151 Å². The first kappa shape index (κ1) is 60.3. The molecule has 5 N–H and O–H groups in total.